The number of nitrogens with one attached hydrogen (secondary N) is 1. The van der Waals surface area contributed by atoms with Crippen LogP contribution in [0.15, 0.2) is 66.4 Å². The highest BCUT2D eigenvalue weighted by atomic mass is 16.5. The minimum Gasteiger partial charge on any atom is -0.490 e. The molecule has 6 nitrogen and oxygen atoms in total. The highest BCUT2D eigenvalue weighted by Gasteiger charge is 2.15. The van der Waals surface area contributed by atoms with Crippen molar-refractivity contribution >= 4 is 17.8 Å². The Balaban J connectivity index is 1.72. The van der Waals surface area contributed by atoms with Crippen LogP contribution < -0.4 is 10.2 Å². The van der Waals surface area contributed by atoms with Crippen molar-refractivity contribution in [3.8, 4) is 5.75 Å². The maximum atomic E-state index is 12.4. The quantitative estimate of drug-likeness (QED) is 0.428. The van der Waals surface area contributed by atoms with Gasteiger partial charge in [-0.25, -0.2) is 10.4 Å². The van der Waals surface area contributed by atoms with Gasteiger partial charge in [0.25, 0.3) is 5.91 Å². The zero-order chi connectivity index (χ0) is 17.6. The number of nitrogens with zero attached hydrogens (tertiary/aromatic N) is 3. The summed E-state index contributed by atoms with van der Waals surface area (Å²) in [5.74, 6) is 0.402. The number of aryl methyl sites for hydroxylation is 1. The second kappa shape index (κ2) is 7.44. The van der Waals surface area contributed by atoms with Crippen LogP contribution in [0.1, 0.15) is 21.7 Å². The van der Waals surface area contributed by atoms with Gasteiger partial charge in [-0.3, -0.25) is 9.20 Å². The maximum Gasteiger partial charge on any atom is 0.290 e. The average molecular weight is 334 g/mol. The molecule has 0 atom stereocenters. The summed E-state index contributed by atoms with van der Waals surface area (Å²) >= 11 is 0. The fourth-order valence-electron chi connectivity index (χ4n) is 2.45. The summed E-state index contributed by atoms with van der Waals surface area (Å²) in [5, 5.41) is 4.03. The predicted molar refractivity (Wildman–Crippen MR) is 97.1 cm³/mol. The van der Waals surface area contributed by atoms with Crippen LogP contribution in [-0.2, 0) is 0 Å². The number of benzene rings is 1. The van der Waals surface area contributed by atoms with Crippen LogP contribution in [0, 0.1) is 6.92 Å². The monoisotopic (exact) mass is 334 g/mol. The van der Waals surface area contributed by atoms with E-state index in [9.17, 15) is 4.79 Å². The predicted octanol–water partition coefficient (Wildman–Crippen LogP) is 2.97. The van der Waals surface area contributed by atoms with E-state index < -0.39 is 0 Å². The number of amides is 1. The van der Waals surface area contributed by atoms with Gasteiger partial charge in [-0.1, -0.05) is 30.9 Å². The van der Waals surface area contributed by atoms with Crippen LogP contribution in [0.4, 0.5) is 0 Å². The number of pyridine rings is 1. The van der Waals surface area contributed by atoms with E-state index in [-0.39, 0.29) is 5.91 Å². The van der Waals surface area contributed by atoms with Crippen LogP contribution in [-0.4, -0.2) is 28.1 Å². The first kappa shape index (κ1) is 16.4. The lowest BCUT2D eigenvalue weighted by Crippen LogP contribution is -2.20. The first-order chi connectivity index (χ1) is 12.2. The molecule has 6 heteroatoms. The minimum absolute atomic E-state index is 0.313. The topological polar surface area (TPSA) is 68.0 Å². The molecular weight excluding hydrogens is 316 g/mol. The Morgan fingerprint density at radius 1 is 1.36 bits per heavy atom. The van der Waals surface area contributed by atoms with Gasteiger partial charge in [-0.05, 0) is 36.8 Å². The average Bonchev–Trinajstić information content (AvgIpc) is 2.96. The van der Waals surface area contributed by atoms with Gasteiger partial charge in [0.15, 0.2) is 0 Å². The van der Waals surface area contributed by atoms with Crippen LogP contribution in [0.5, 0.6) is 5.75 Å². The van der Waals surface area contributed by atoms with E-state index >= 15 is 0 Å². The Kier molecular flexibility index (Phi) is 4.89. The van der Waals surface area contributed by atoms with Gasteiger partial charge >= 0.3 is 0 Å². The molecule has 1 aromatic carbocycles. The van der Waals surface area contributed by atoms with E-state index in [0.717, 1.165) is 11.2 Å². The number of hydrazone groups is 1. The summed E-state index contributed by atoms with van der Waals surface area (Å²) < 4.78 is 7.21. The van der Waals surface area contributed by atoms with Crippen molar-refractivity contribution in [3.05, 3.63) is 78.3 Å². The molecule has 0 saturated carbocycles. The molecule has 0 fully saturated rings. The first-order valence-corrected chi connectivity index (χ1v) is 7.80. The number of hydrogen-bond acceptors (Lipinski definition) is 4. The number of aromatic nitrogens is 2. The molecule has 0 radical (unpaired) electrons. The molecule has 0 aliphatic rings. The number of ether oxygens (including phenoxy) is 1. The second-order valence-electron chi connectivity index (χ2n) is 5.35. The number of carbonyl (C=O) groups is 1. The molecule has 1 N–H and O–H groups in total. The Labute approximate surface area is 145 Å². The Bertz CT molecular complexity index is 944. The van der Waals surface area contributed by atoms with E-state index in [1.807, 2.05) is 42.5 Å². The smallest absolute Gasteiger partial charge is 0.290 e. The summed E-state index contributed by atoms with van der Waals surface area (Å²) in [4.78, 5) is 16.8. The number of carbonyl (C=O) groups excluding carboxylic acids is 1. The molecule has 0 saturated heterocycles. The molecule has 3 aromatic rings. The van der Waals surface area contributed by atoms with E-state index in [0.29, 0.717) is 23.7 Å². The Hall–Kier alpha value is -3.41. The number of fused-ring (bicyclic) bond motifs is 1. The lowest BCUT2D eigenvalue weighted by Gasteiger charge is -2.04. The second-order valence-corrected chi connectivity index (χ2v) is 5.35. The van der Waals surface area contributed by atoms with E-state index in [2.05, 4.69) is 22.1 Å². The fourth-order valence-corrected chi connectivity index (χ4v) is 2.45. The van der Waals surface area contributed by atoms with Crippen molar-refractivity contribution in [1.29, 1.82) is 0 Å². The van der Waals surface area contributed by atoms with E-state index in [1.54, 1.807) is 29.8 Å². The standard InChI is InChI=1S/C19H18N4O2/c1-3-11-25-16-8-6-7-15(12-16)13-20-22-19(24)18-14(2)21-17-9-4-5-10-23(17)18/h3-10,12-13H,1,11H2,2H3,(H,22,24). The van der Waals surface area contributed by atoms with Crippen LogP contribution >= 0.6 is 0 Å². The number of hydrogen-bond donors (Lipinski definition) is 1. The van der Waals surface area contributed by atoms with Crippen LogP contribution in [0.25, 0.3) is 5.65 Å². The molecule has 0 spiro atoms. The highest BCUT2D eigenvalue weighted by Crippen LogP contribution is 2.13. The van der Waals surface area contributed by atoms with Crippen molar-refractivity contribution in [2.45, 2.75) is 6.92 Å². The Morgan fingerprint density at radius 3 is 3.08 bits per heavy atom. The SMILES string of the molecule is C=CCOc1cccc(C=NNC(=O)c2c(C)nc3ccccn23)c1. The third kappa shape index (κ3) is 3.74. The van der Waals surface area contributed by atoms with E-state index in [1.165, 1.54) is 0 Å². The molecule has 0 aliphatic heterocycles. The lowest BCUT2D eigenvalue weighted by atomic mass is 10.2. The highest BCUT2D eigenvalue weighted by molar-refractivity contribution is 5.95. The van der Waals surface area contributed by atoms with Gasteiger partial charge in [0.1, 0.15) is 23.7 Å². The third-order valence-corrected chi connectivity index (χ3v) is 3.52. The molecule has 0 unspecified atom stereocenters. The number of rotatable bonds is 6. The summed E-state index contributed by atoms with van der Waals surface area (Å²) in [6.07, 6.45) is 5.05. The summed E-state index contributed by atoms with van der Waals surface area (Å²) in [7, 11) is 0. The van der Waals surface area contributed by atoms with Crippen LogP contribution in [0.3, 0.4) is 0 Å². The Morgan fingerprint density at radius 2 is 2.24 bits per heavy atom. The normalized spacial score (nSPS) is 10.9. The van der Waals surface area contributed by atoms with Crippen molar-refractivity contribution in [2.75, 3.05) is 6.61 Å². The summed E-state index contributed by atoms with van der Waals surface area (Å²) in [6.45, 7) is 5.85. The van der Waals surface area contributed by atoms with Crippen molar-refractivity contribution in [2.24, 2.45) is 5.10 Å². The molecule has 0 bridgehead atoms. The molecular formula is C19H18N4O2. The molecule has 0 aliphatic carbocycles. The summed E-state index contributed by atoms with van der Waals surface area (Å²) in [5.41, 5.74) is 5.20. The van der Waals surface area contributed by atoms with Gasteiger partial charge in [-0.15, -0.1) is 0 Å². The van der Waals surface area contributed by atoms with Gasteiger partial charge in [0.2, 0.25) is 0 Å². The van der Waals surface area contributed by atoms with Gasteiger partial charge in [0, 0.05) is 6.20 Å². The molecule has 25 heavy (non-hydrogen) atoms. The number of imidazole rings is 1. The third-order valence-electron chi connectivity index (χ3n) is 3.52. The van der Waals surface area contributed by atoms with Crippen LogP contribution in [0.2, 0.25) is 0 Å². The maximum absolute atomic E-state index is 12.4. The summed E-state index contributed by atoms with van der Waals surface area (Å²) in [6, 6.07) is 13.0. The van der Waals surface area contributed by atoms with E-state index in [4.69, 9.17) is 4.74 Å². The van der Waals surface area contributed by atoms with Crippen molar-refractivity contribution in [1.82, 2.24) is 14.8 Å². The van der Waals surface area contributed by atoms with Gasteiger partial charge < -0.3 is 4.74 Å². The van der Waals surface area contributed by atoms with Gasteiger partial charge in [-0.2, -0.15) is 5.10 Å². The molecule has 1 amide bonds. The lowest BCUT2D eigenvalue weighted by molar-refractivity contribution is 0.0948. The molecule has 3 rings (SSSR count). The van der Waals surface area contributed by atoms with Gasteiger partial charge in [0.05, 0.1) is 11.9 Å². The van der Waals surface area contributed by atoms with Crippen molar-refractivity contribution < 1.29 is 9.53 Å². The molecule has 2 aromatic heterocycles. The molecule has 126 valence electrons. The zero-order valence-corrected chi connectivity index (χ0v) is 13.8. The largest absolute Gasteiger partial charge is 0.490 e. The minimum atomic E-state index is -0.313. The first-order valence-electron chi connectivity index (χ1n) is 7.80. The zero-order valence-electron chi connectivity index (χ0n) is 13.8. The molecule has 2 heterocycles. The fraction of sp³-hybridized carbons (Fsp3) is 0.105. The van der Waals surface area contributed by atoms with Crippen molar-refractivity contribution in [3.63, 3.8) is 0 Å².